The predicted molar refractivity (Wildman–Crippen MR) is 20.9 cm³/mol. The molecule has 0 aromatic carbocycles. The number of hydrogen-bond donors (Lipinski definition) is 0. The number of carbonyl (C=O) groups excluding carboxylic acids is 1. The quantitative estimate of drug-likeness (QED) is 0.360. The van der Waals surface area contributed by atoms with Crippen molar-refractivity contribution in [3.8, 4) is 0 Å². The molecule has 0 saturated heterocycles. The molecule has 0 fully saturated rings. The second-order valence-corrected chi connectivity index (χ2v) is 1.82. The Morgan fingerprint density at radius 2 is 2.00 bits per heavy atom. The van der Waals surface area contributed by atoms with E-state index in [1.165, 1.54) is 0 Å². The number of carbonyl (C=O) groups is 1. The fraction of sp³-hybridized carbons (Fsp3) is 0. The normalized spacial score (nSPS) is 14.9. The Balaban J connectivity index is 0. The molecule has 0 spiro atoms. The van der Waals surface area contributed by atoms with Gasteiger partial charge in [0.15, 0.2) is 0 Å². The standard InChI is InChI=1S/CH2FO5P.Ca/c2-8(5,6)7-1(3)4;/h(H,3,4)(H,5,6);/q;+2/p-2. The monoisotopic (exact) mass is 182 g/mol. The molecule has 0 aliphatic heterocycles. The summed E-state index contributed by atoms with van der Waals surface area (Å²) in [5.74, 6) is 0. The van der Waals surface area contributed by atoms with Gasteiger partial charge < -0.3 is 19.3 Å². The summed E-state index contributed by atoms with van der Waals surface area (Å²) in [5, 5.41) is 9.07. The first kappa shape index (κ1) is 12.3. The van der Waals surface area contributed by atoms with Crippen LogP contribution in [0.25, 0.3) is 0 Å². The third-order valence-corrected chi connectivity index (χ3v) is 0.551. The third-order valence-electron chi connectivity index (χ3n) is 0.184. The molecule has 0 rings (SSSR count). The third kappa shape index (κ3) is 12.0. The Bertz CT molecular complexity index is 140. The molecular weight excluding hydrogens is 182 g/mol. The van der Waals surface area contributed by atoms with Crippen molar-refractivity contribution in [2.24, 2.45) is 0 Å². The molecule has 0 aromatic rings. The molecule has 48 valence electrons. The minimum Gasteiger partial charge on any atom is -0.758 e. The van der Waals surface area contributed by atoms with E-state index in [0.29, 0.717) is 0 Å². The smallest absolute Gasteiger partial charge is 0.758 e. The van der Waals surface area contributed by atoms with E-state index >= 15 is 0 Å². The number of halogens is 1. The minimum absolute atomic E-state index is 0. The maximum atomic E-state index is 11.0. The average Bonchev–Trinajstić information content (AvgIpc) is 1.21. The Morgan fingerprint density at radius 3 is 2.00 bits per heavy atom. The van der Waals surface area contributed by atoms with Crippen molar-refractivity contribution in [2.45, 2.75) is 0 Å². The van der Waals surface area contributed by atoms with Gasteiger partial charge in [-0.15, -0.1) is 0 Å². The second kappa shape index (κ2) is 4.46. The molecule has 5 nitrogen and oxygen atoms in total. The molecule has 0 aliphatic carbocycles. The van der Waals surface area contributed by atoms with Crippen molar-refractivity contribution < 1.29 is 28.1 Å². The van der Waals surface area contributed by atoms with Crippen LogP contribution in [0.2, 0.25) is 0 Å². The zero-order valence-electron chi connectivity index (χ0n) is 4.07. The van der Waals surface area contributed by atoms with Gasteiger partial charge in [-0.05, 0) is 0 Å². The van der Waals surface area contributed by atoms with Crippen molar-refractivity contribution in [1.82, 2.24) is 0 Å². The topological polar surface area (TPSA) is 89.5 Å². The van der Waals surface area contributed by atoms with E-state index < -0.39 is 14.1 Å². The van der Waals surface area contributed by atoms with Crippen LogP contribution < -0.4 is 10.00 Å². The van der Waals surface area contributed by atoms with Crippen molar-refractivity contribution >= 4 is 51.8 Å². The molecule has 0 radical (unpaired) electrons. The molecule has 1 atom stereocenters. The van der Waals surface area contributed by atoms with E-state index in [1.54, 1.807) is 0 Å². The van der Waals surface area contributed by atoms with E-state index in [9.17, 15) is 4.20 Å². The summed E-state index contributed by atoms with van der Waals surface area (Å²) in [4.78, 5) is 18.2. The Hall–Kier alpha value is 0.650. The summed E-state index contributed by atoms with van der Waals surface area (Å²) in [6.07, 6.45) is -2.43. The summed E-state index contributed by atoms with van der Waals surface area (Å²) in [6, 6.07) is 0. The SMILES string of the molecule is O=C([O-])OP(=O)([O-])F.[Ca+2]. The van der Waals surface area contributed by atoms with Crippen molar-refractivity contribution in [3.63, 3.8) is 0 Å². The van der Waals surface area contributed by atoms with Gasteiger partial charge in [0.1, 0.15) is 0 Å². The number of hydrogen-bond acceptors (Lipinski definition) is 5. The molecule has 9 heavy (non-hydrogen) atoms. The van der Waals surface area contributed by atoms with Gasteiger partial charge in [-0.1, -0.05) is 0 Å². The summed E-state index contributed by atoms with van der Waals surface area (Å²) in [5.41, 5.74) is 0. The van der Waals surface area contributed by atoms with Crippen LogP contribution in [-0.2, 0) is 9.09 Å². The van der Waals surface area contributed by atoms with Crippen molar-refractivity contribution in [1.29, 1.82) is 0 Å². The molecular formula is CCaFO5P. The van der Waals surface area contributed by atoms with Gasteiger partial charge in [0, 0.05) is 0 Å². The first-order valence-corrected chi connectivity index (χ1v) is 2.76. The maximum absolute atomic E-state index is 11.0. The van der Waals surface area contributed by atoms with Crippen LogP contribution in [0.4, 0.5) is 8.99 Å². The van der Waals surface area contributed by atoms with Crippen molar-refractivity contribution in [2.75, 3.05) is 0 Å². The molecule has 0 amide bonds. The van der Waals surface area contributed by atoms with E-state index in [2.05, 4.69) is 4.52 Å². The first-order valence-electron chi connectivity index (χ1n) is 1.33. The van der Waals surface area contributed by atoms with Crippen LogP contribution in [0.1, 0.15) is 0 Å². The Morgan fingerprint density at radius 1 is 1.67 bits per heavy atom. The minimum atomic E-state index is -5.63. The fourth-order valence-corrected chi connectivity index (χ4v) is 0.267. The molecule has 0 aromatic heterocycles. The Kier molecular flexibility index (Phi) is 6.12. The van der Waals surface area contributed by atoms with E-state index in [1.807, 2.05) is 0 Å². The molecule has 8 heteroatoms. The van der Waals surface area contributed by atoms with Crippen LogP contribution in [0.15, 0.2) is 0 Å². The van der Waals surface area contributed by atoms with Gasteiger partial charge in [-0.25, -0.2) is 0 Å². The largest absolute Gasteiger partial charge is 2.00 e. The molecule has 0 aliphatic rings. The molecule has 0 heterocycles. The van der Waals surface area contributed by atoms with Gasteiger partial charge >= 0.3 is 37.7 Å². The van der Waals surface area contributed by atoms with E-state index in [-0.39, 0.29) is 37.7 Å². The van der Waals surface area contributed by atoms with Crippen LogP contribution in [0.5, 0.6) is 0 Å². The average molecular weight is 182 g/mol. The summed E-state index contributed by atoms with van der Waals surface area (Å²) < 4.78 is 22.7. The summed E-state index contributed by atoms with van der Waals surface area (Å²) in [7, 11) is -5.63. The second-order valence-electron chi connectivity index (χ2n) is 0.772. The molecule has 1 unspecified atom stereocenters. The van der Waals surface area contributed by atoms with Crippen LogP contribution >= 0.6 is 7.91 Å². The fourth-order valence-electron chi connectivity index (χ4n) is 0.0890. The van der Waals surface area contributed by atoms with Crippen LogP contribution in [-0.4, -0.2) is 43.9 Å². The Labute approximate surface area is 79.5 Å². The molecule has 0 bridgehead atoms. The van der Waals surface area contributed by atoms with E-state index in [0.717, 1.165) is 0 Å². The first-order chi connectivity index (χ1) is 3.42. The molecule has 0 saturated carbocycles. The van der Waals surface area contributed by atoms with Gasteiger partial charge in [0.25, 0.3) is 14.1 Å². The maximum Gasteiger partial charge on any atom is 2.00 e. The molecule has 0 N–H and O–H groups in total. The van der Waals surface area contributed by atoms with Gasteiger partial charge in [-0.2, -0.15) is 4.20 Å². The number of rotatable bonds is 1. The van der Waals surface area contributed by atoms with Crippen LogP contribution in [0.3, 0.4) is 0 Å². The van der Waals surface area contributed by atoms with E-state index in [4.69, 9.17) is 19.4 Å². The van der Waals surface area contributed by atoms with Gasteiger partial charge in [0.05, 0.1) is 0 Å². The zero-order chi connectivity index (χ0) is 6.78. The van der Waals surface area contributed by atoms with Crippen molar-refractivity contribution in [3.05, 3.63) is 0 Å². The summed E-state index contributed by atoms with van der Waals surface area (Å²) >= 11 is 0. The summed E-state index contributed by atoms with van der Waals surface area (Å²) in [6.45, 7) is 0. The van der Waals surface area contributed by atoms with Gasteiger partial charge in [-0.3, -0.25) is 4.57 Å². The number of carboxylic acid groups (broad SMARTS) is 1. The van der Waals surface area contributed by atoms with Crippen LogP contribution in [0, 0.1) is 0 Å². The zero-order valence-corrected chi connectivity index (χ0v) is 7.18. The predicted octanol–water partition coefficient (Wildman–Crippen LogP) is -1.60. The van der Waals surface area contributed by atoms with Gasteiger partial charge in [0.2, 0.25) is 0 Å².